The molecule has 0 saturated heterocycles. The Morgan fingerprint density at radius 3 is 2.63 bits per heavy atom. The molecule has 1 amide bonds. The fraction of sp³-hybridized carbons (Fsp3) is 0.125. The van der Waals surface area contributed by atoms with Gasteiger partial charge < -0.3 is 14.8 Å². The van der Waals surface area contributed by atoms with Crippen LogP contribution in [-0.4, -0.2) is 30.0 Å². The monoisotopic (exact) mass is 400 g/mol. The molecule has 8 nitrogen and oxygen atoms in total. The van der Waals surface area contributed by atoms with Crippen LogP contribution >= 0.6 is 11.6 Å². The van der Waals surface area contributed by atoms with E-state index in [0.29, 0.717) is 0 Å². The number of esters is 1. The number of carbonyl (C=O) groups excluding carboxylic acids is 2. The summed E-state index contributed by atoms with van der Waals surface area (Å²) >= 11 is 5.66. The molecule has 0 radical (unpaired) electrons. The number of nitrogens with one attached hydrogen (secondary N) is 1. The summed E-state index contributed by atoms with van der Waals surface area (Å²) in [4.78, 5) is 33.8. The summed E-state index contributed by atoms with van der Waals surface area (Å²) in [5.74, 6) is -1.94. The zero-order valence-electron chi connectivity index (χ0n) is 13.4. The second-order valence-electron chi connectivity index (χ2n) is 4.95. The number of alkyl halides is 2. The van der Waals surface area contributed by atoms with E-state index in [2.05, 4.69) is 10.1 Å². The first-order valence-electron chi connectivity index (χ1n) is 7.22. The van der Waals surface area contributed by atoms with Gasteiger partial charge in [-0.3, -0.25) is 14.9 Å². The molecule has 0 aromatic heterocycles. The number of nitrogens with zero attached hydrogens (tertiary/aromatic N) is 1. The van der Waals surface area contributed by atoms with E-state index in [9.17, 15) is 28.5 Å². The van der Waals surface area contributed by atoms with Crippen LogP contribution in [0.15, 0.2) is 42.5 Å². The smallest absolute Gasteiger partial charge is 0.387 e. The first-order valence-corrected chi connectivity index (χ1v) is 7.60. The Hall–Kier alpha value is -3.27. The highest BCUT2D eigenvalue weighted by Gasteiger charge is 2.16. The molecule has 2 aromatic rings. The molecular weight excluding hydrogens is 390 g/mol. The number of nitro groups is 1. The van der Waals surface area contributed by atoms with Crippen LogP contribution in [-0.2, 0) is 9.53 Å². The molecule has 0 heterocycles. The first-order chi connectivity index (χ1) is 12.8. The lowest BCUT2D eigenvalue weighted by molar-refractivity contribution is -0.384. The Bertz CT molecular complexity index is 878. The molecule has 0 aliphatic rings. The molecule has 0 bridgehead atoms. The number of nitro benzene ring substituents is 1. The SMILES string of the molecule is O=C(COC(=O)c1cccc(OC(F)F)c1)Nc1ccc(Cl)c([N+](=O)[O-])c1. The maximum absolute atomic E-state index is 12.2. The second-order valence-corrected chi connectivity index (χ2v) is 5.36. The van der Waals surface area contributed by atoms with Crippen molar-refractivity contribution in [3.05, 3.63) is 63.2 Å². The van der Waals surface area contributed by atoms with Crippen molar-refractivity contribution < 1.29 is 32.8 Å². The summed E-state index contributed by atoms with van der Waals surface area (Å²) in [5, 5.41) is 13.0. The van der Waals surface area contributed by atoms with E-state index in [-0.39, 0.29) is 22.0 Å². The van der Waals surface area contributed by atoms with E-state index in [1.807, 2.05) is 0 Å². The number of anilines is 1. The van der Waals surface area contributed by atoms with Crippen molar-refractivity contribution in [1.29, 1.82) is 0 Å². The standard InChI is InChI=1S/C16H11ClF2N2O6/c17-12-5-4-10(7-13(12)21(24)25)20-14(22)8-26-15(23)9-2-1-3-11(6-9)27-16(18)19/h1-7,16H,8H2,(H,20,22). The Balaban J connectivity index is 1.95. The van der Waals surface area contributed by atoms with Crippen LogP contribution in [0, 0.1) is 10.1 Å². The molecule has 142 valence electrons. The number of benzene rings is 2. The van der Waals surface area contributed by atoms with Crippen LogP contribution < -0.4 is 10.1 Å². The van der Waals surface area contributed by atoms with Crippen LogP contribution in [0.2, 0.25) is 5.02 Å². The third kappa shape index (κ3) is 5.89. The molecule has 27 heavy (non-hydrogen) atoms. The van der Waals surface area contributed by atoms with E-state index >= 15 is 0 Å². The predicted molar refractivity (Wildman–Crippen MR) is 90.1 cm³/mol. The third-order valence-corrected chi connectivity index (χ3v) is 3.38. The molecule has 0 saturated carbocycles. The van der Waals surface area contributed by atoms with Gasteiger partial charge in [-0.1, -0.05) is 17.7 Å². The highest BCUT2D eigenvalue weighted by Crippen LogP contribution is 2.27. The number of hydrogen-bond acceptors (Lipinski definition) is 6. The largest absolute Gasteiger partial charge is 0.452 e. The molecule has 1 N–H and O–H groups in total. The van der Waals surface area contributed by atoms with Crippen LogP contribution in [0.4, 0.5) is 20.2 Å². The number of rotatable bonds is 7. The van der Waals surface area contributed by atoms with Crippen molar-refractivity contribution in [2.24, 2.45) is 0 Å². The van der Waals surface area contributed by atoms with Crippen molar-refractivity contribution in [1.82, 2.24) is 0 Å². The van der Waals surface area contributed by atoms with Gasteiger partial charge in [0.1, 0.15) is 10.8 Å². The molecule has 0 atom stereocenters. The van der Waals surface area contributed by atoms with Crippen molar-refractivity contribution in [2.75, 3.05) is 11.9 Å². The van der Waals surface area contributed by atoms with Gasteiger partial charge in [-0.2, -0.15) is 8.78 Å². The van der Waals surface area contributed by atoms with Gasteiger partial charge in [0, 0.05) is 11.8 Å². The number of halogens is 3. The summed E-state index contributed by atoms with van der Waals surface area (Å²) in [7, 11) is 0. The fourth-order valence-corrected chi connectivity index (χ4v) is 2.13. The van der Waals surface area contributed by atoms with Crippen LogP contribution in [0.25, 0.3) is 0 Å². The van der Waals surface area contributed by atoms with Gasteiger partial charge >= 0.3 is 12.6 Å². The lowest BCUT2D eigenvalue weighted by atomic mass is 10.2. The van der Waals surface area contributed by atoms with Gasteiger partial charge in [-0.15, -0.1) is 0 Å². The quantitative estimate of drug-likeness (QED) is 0.432. The zero-order chi connectivity index (χ0) is 20.0. The Morgan fingerprint density at radius 2 is 1.96 bits per heavy atom. The van der Waals surface area contributed by atoms with Crippen LogP contribution in [0.5, 0.6) is 5.75 Å². The van der Waals surface area contributed by atoms with E-state index in [1.165, 1.54) is 30.3 Å². The minimum Gasteiger partial charge on any atom is -0.452 e. The molecule has 0 unspecified atom stereocenters. The first kappa shape index (κ1) is 20.0. The van der Waals surface area contributed by atoms with Crippen molar-refractivity contribution in [2.45, 2.75) is 6.61 Å². The molecule has 2 aromatic carbocycles. The summed E-state index contributed by atoms with van der Waals surface area (Å²) in [6.07, 6.45) is 0. The Labute approximate surface area is 155 Å². The van der Waals surface area contributed by atoms with Gasteiger partial charge in [0.25, 0.3) is 11.6 Å². The maximum Gasteiger partial charge on any atom is 0.387 e. The minimum atomic E-state index is -3.05. The van der Waals surface area contributed by atoms with Crippen molar-refractivity contribution in [3.8, 4) is 5.75 Å². The van der Waals surface area contributed by atoms with Gasteiger partial charge in [-0.05, 0) is 30.3 Å². The summed E-state index contributed by atoms with van der Waals surface area (Å²) in [6, 6.07) is 8.48. The molecule has 0 aliphatic heterocycles. The maximum atomic E-state index is 12.2. The second kappa shape index (κ2) is 8.90. The van der Waals surface area contributed by atoms with Gasteiger partial charge in [-0.25, -0.2) is 4.79 Å². The molecular formula is C16H11ClF2N2O6. The van der Waals surface area contributed by atoms with Crippen LogP contribution in [0.1, 0.15) is 10.4 Å². The fourth-order valence-electron chi connectivity index (χ4n) is 1.94. The number of hydrogen-bond donors (Lipinski definition) is 1. The normalized spacial score (nSPS) is 10.4. The van der Waals surface area contributed by atoms with Crippen LogP contribution in [0.3, 0.4) is 0 Å². The predicted octanol–water partition coefficient (Wildman–Crippen LogP) is 3.65. The van der Waals surface area contributed by atoms with Gasteiger partial charge in [0.05, 0.1) is 10.5 Å². The summed E-state index contributed by atoms with van der Waals surface area (Å²) < 4.78 is 33.3. The molecule has 2 rings (SSSR count). The number of amides is 1. The third-order valence-electron chi connectivity index (χ3n) is 3.06. The number of carbonyl (C=O) groups is 2. The van der Waals surface area contributed by atoms with E-state index in [0.717, 1.165) is 12.1 Å². The molecule has 11 heteroatoms. The number of ether oxygens (including phenoxy) is 2. The van der Waals surface area contributed by atoms with Crippen molar-refractivity contribution in [3.63, 3.8) is 0 Å². The molecule has 0 fully saturated rings. The van der Waals surface area contributed by atoms with Gasteiger partial charge in [0.2, 0.25) is 0 Å². The lowest BCUT2D eigenvalue weighted by Crippen LogP contribution is -2.21. The Morgan fingerprint density at radius 1 is 1.22 bits per heavy atom. The van der Waals surface area contributed by atoms with Crippen molar-refractivity contribution >= 4 is 34.9 Å². The molecule has 0 spiro atoms. The summed E-state index contributed by atoms with van der Waals surface area (Å²) in [6.45, 7) is -3.75. The molecule has 0 aliphatic carbocycles. The minimum absolute atomic E-state index is 0.0829. The zero-order valence-corrected chi connectivity index (χ0v) is 14.1. The van der Waals surface area contributed by atoms with Gasteiger partial charge in [0.15, 0.2) is 6.61 Å². The lowest BCUT2D eigenvalue weighted by Gasteiger charge is -2.08. The van der Waals surface area contributed by atoms with E-state index in [1.54, 1.807) is 0 Å². The van der Waals surface area contributed by atoms with E-state index in [4.69, 9.17) is 16.3 Å². The highest BCUT2D eigenvalue weighted by atomic mass is 35.5. The summed E-state index contributed by atoms with van der Waals surface area (Å²) in [5.41, 5.74) is -0.412. The highest BCUT2D eigenvalue weighted by molar-refractivity contribution is 6.32. The average molecular weight is 401 g/mol. The van der Waals surface area contributed by atoms with E-state index < -0.39 is 35.7 Å². The Kier molecular flexibility index (Phi) is 6.61. The average Bonchev–Trinajstić information content (AvgIpc) is 2.60. The topological polar surface area (TPSA) is 108 Å².